The monoisotopic (exact) mass is 244 g/mol. The Hall–Kier alpha value is -2.49. The molecule has 1 heterocycles. The summed E-state index contributed by atoms with van der Waals surface area (Å²) in [6.45, 7) is 0. The first-order chi connectivity index (χ1) is 8.69. The minimum Gasteiger partial charge on any atom is -0.504 e. The summed E-state index contributed by atoms with van der Waals surface area (Å²) in [6.07, 6.45) is 3.44. The van der Waals surface area contributed by atoms with E-state index < -0.39 is 0 Å². The number of benzene rings is 1. The van der Waals surface area contributed by atoms with Crippen LogP contribution in [0.1, 0.15) is 11.3 Å². The molecule has 92 valence electrons. The van der Waals surface area contributed by atoms with Crippen LogP contribution in [-0.2, 0) is 0 Å². The summed E-state index contributed by atoms with van der Waals surface area (Å²) in [5, 5.41) is 9.45. The number of phenols is 1. The van der Waals surface area contributed by atoms with Crippen LogP contribution in [-0.4, -0.2) is 12.2 Å². The van der Waals surface area contributed by atoms with Gasteiger partial charge < -0.3 is 14.3 Å². The van der Waals surface area contributed by atoms with E-state index in [0.29, 0.717) is 11.5 Å². The molecule has 2 rings (SSSR count). The third kappa shape index (κ3) is 2.79. The van der Waals surface area contributed by atoms with Crippen LogP contribution in [0.15, 0.2) is 45.6 Å². The van der Waals surface area contributed by atoms with Crippen molar-refractivity contribution in [2.24, 2.45) is 0 Å². The molecule has 0 saturated heterocycles. The fourth-order valence-electron chi connectivity index (χ4n) is 1.47. The molecule has 0 fully saturated rings. The number of methoxy groups -OCH3 is 1. The van der Waals surface area contributed by atoms with Gasteiger partial charge in [-0.1, -0.05) is 18.2 Å². The Morgan fingerprint density at radius 3 is 2.78 bits per heavy atom. The third-order valence-electron chi connectivity index (χ3n) is 2.36. The van der Waals surface area contributed by atoms with E-state index in [0.717, 1.165) is 5.56 Å². The number of rotatable bonds is 3. The summed E-state index contributed by atoms with van der Waals surface area (Å²) in [4.78, 5) is 11.0. The maximum Gasteiger partial charge on any atom is 0.336 e. The lowest BCUT2D eigenvalue weighted by atomic mass is 10.2. The van der Waals surface area contributed by atoms with Gasteiger partial charge in [0.2, 0.25) is 0 Å². The molecule has 4 heteroatoms. The van der Waals surface area contributed by atoms with E-state index in [9.17, 15) is 9.90 Å². The van der Waals surface area contributed by atoms with Crippen LogP contribution in [0.25, 0.3) is 12.2 Å². The molecule has 0 atom stereocenters. The van der Waals surface area contributed by atoms with Crippen molar-refractivity contribution in [3.8, 4) is 11.5 Å². The Kier molecular flexibility index (Phi) is 3.48. The standard InChI is InChI=1S/C14H12O4/c1-17-13-9-10(6-8-12(13)15)5-7-11-3-2-4-14(16)18-11/h2-9,15H,1H3. The molecule has 1 aromatic heterocycles. The van der Waals surface area contributed by atoms with Crippen LogP contribution in [0.4, 0.5) is 0 Å². The highest BCUT2D eigenvalue weighted by molar-refractivity contribution is 5.68. The zero-order valence-corrected chi connectivity index (χ0v) is 9.79. The number of ether oxygens (including phenoxy) is 1. The second-order valence-electron chi connectivity index (χ2n) is 3.61. The van der Waals surface area contributed by atoms with Crippen molar-refractivity contribution in [2.45, 2.75) is 0 Å². The quantitative estimate of drug-likeness (QED) is 0.901. The molecule has 0 amide bonds. The Balaban J connectivity index is 2.26. The van der Waals surface area contributed by atoms with Crippen LogP contribution in [0.5, 0.6) is 11.5 Å². The smallest absolute Gasteiger partial charge is 0.336 e. The molecule has 0 unspecified atom stereocenters. The fourth-order valence-corrected chi connectivity index (χ4v) is 1.47. The van der Waals surface area contributed by atoms with Crippen LogP contribution in [0.3, 0.4) is 0 Å². The largest absolute Gasteiger partial charge is 0.504 e. The topological polar surface area (TPSA) is 59.7 Å². The first-order valence-corrected chi connectivity index (χ1v) is 5.34. The minimum absolute atomic E-state index is 0.0842. The van der Waals surface area contributed by atoms with Gasteiger partial charge in [-0.2, -0.15) is 0 Å². The lowest BCUT2D eigenvalue weighted by molar-refractivity contribution is 0.373. The van der Waals surface area contributed by atoms with E-state index in [-0.39, 0.29) is 11.4 Å². The van der Waals surface area contributed by atoms with Gasteiger partial charge in [0.25, 0.3) is 0 Å². The zero-order chi connectivity index (χ0) is 13.0. The van der Waals surface area contributed by atoms with Gasteiger partial charge in [-0.25, -0.2) is 4.79 Å². The van der Waals surface area contributed by atoms with Crippen molar-refractivity contribution in [1.29, 1.82) is 0 Å². The molecule has 18 heavy (non-hydrogen) atoms. The highest BCUT2D eigenvalue weighted by Gasteiger charge is 2.00. The number of hydrogen-bond acceptors (Lipinski definition) is 4. The van der Waals surface area contributed by atoms with E-state index >= 15 is 0 Å². The van der Waals surface area contributed by atoms with Crippen molar-refractivity contribution >= 4 is 12.2 Å². The molecule has 1 N–H and O–H groups in total. The summed E-state index contributed by atoms with van der Waals surface area (Å²) in [5.41, 5.74) is 0.441. The second-order valence-corrected chi connectivity index (χ2v) is 3.61. The van der Waals surface area contributed by atoms with Crippen molar-refractivity contribution in [2.75, 3.05) is 7.11 Å². The van der Waals surface area contributed by atoms with Crippen LogP contribution < -0.4 is 10.4 Å². The molecule has 0 spiro atoms. The van der Waals surface area contributed by atoms with Gasteiger partial charge in [0.1, 0.15) is 5.76 Å². The molecule has 0 saturated carbocycles. The third-order valence-corrected chi connectivity index (χ3v) is 2.36. The predicted molar refractivity (Wildman–Crippen MR) is 68.6 cm³/mol. The van der Waals surface area contributed by atoms with Gasteiger partial charge in [-0.15, -0.1) is 0 Å². The second kappa shape index (κ2) is 5.23. The number of hydrogen-bond donors (Lipinski definition) is 1. The molecule has 1 aromatic carbocycles. The molecular weight excluding hydrogens is 232 g/mol. The van der Waals surface area contributed by atoms with Crippen molar-refractivity contribution in [3.05, 3.63) is 58.1 Å². The van der Waals surface area contributed by atoms with Gasteiger partial charge in [0.05, 0.1) is 7.11 Å². The van der Waals surface area contributed by atoms with E-state index in [1.807, 2.05) is 0 Å². The molecule has 0 radical (unpaired) electrons. The maximum absolute atomic E-state index is 11.0. The normalized spacial score (nSPS) is 10.7. The minimum atomic E-state index is -0.388. The number of aromatic hydroxyl groups is 1. The Bertz CT molecular complexity index is 626. The van der Waals surface area contributed by atoms with Crippen LogP contribution in [0.2, 0.25) is 0 Å². The summed E-state index contributed by atoms with van der Waals surface area (Å²) in [6, 6.07) is 9.63. The fraction of sp³-hybridized carbons (Fsp3) is 0.0714. The van der Waals surface area contributed by atoms with Gasteiger partial charge in [0.15, 0.2) is 11.5 Å². The Labute approximate surface area is 104 Å². The summed E-state index contributed by atoms with van der Waals surface area (Å²) < 4.78 is 9.96. The lowest BCUT2D eigenvalue weighted by Crippen LogP contribution is -1.94. The van der Waals surface area contributed by atoms with Crippen LogP contribution >= 0.6 is 0 Å². The first-order valence-electron chi connectivity index (χ1n) is 5.34. The average Bonchev–Trinajstić information content (AvgIpc) is 2.38. The predicted octanol–water partition coefficient (Wildman–Crippen LogP) is 2.52. The van der Waals surface area contributed by atoms with E-state index in [4.69, 9.17) is 9.15 Å². The van der Waals surface area contributed by atoms with Gasteiger partial charge in [-0.3, -0.25) is 0 Å². The lowest BCUT2D eigenvalue weighted by Gasteiger charge is -2.03. The summed E-state index contributed by atoms with van der Waals surface area (Å²) in [5.74, 6) is 0.946. The van der Waals surface area contributed by atoms with Gasteiger partial charge >= 0.3 is 5.63 Å². The average molecular weight is 244 g/mol. The Morgan fingerprint density at radius 2 is 2.06 bits per heavy atom. The molecule has 0 aliphatic heterocycles. The first kappa shape index (κ1) is 12.0. The summed E-state index contributed by atoms with van der Waals surface area (Å²) in [7, 11) is 1.48. The molecule has 4 nitrogen and oxygen atoms in total. The Morgan fingerprint density at radius 1 is 1.22 bits per heavy atom. The van der Waals surface area contributed by atoms with Crippen LogP contribution in [0, 0.1) is 0 Å². The summed E-state index contributed by atoms with van der Waals surface area (Å²) >= 11 is 0. The van der Waals surface area contributed by atoms with Gasteiger partial charge in [0, 0.05) is 6.07 Å². The highest BCUT2D eigenvalue weighted by atomic mass is 16.5. The maximum atomic E-state index is 11.0. The van der Waals surface area contributed by atoms with Crippen molar-refractivity contribution in [1.82, 2.24) is 0 Å². The van der Waals surface area contributed by atoms with E-state index in [1.54, 1.807) is 42.5 Å². The van der Waals surface area contributed by atoms with Crippen molar-refractivity contribution in [3.63, 3.8) is 0 Å². The molecule has 0 bridgehead atoms. The van der Waals surface area contributed by atoms with E-state index in [1.165, 1.54) is 13.2 Å². The molecule has 2 aromatic rings. The van der Waals surface area contributed by atoms with Crippen molar-refractivity contribution < 1.29 is 14.3 Å². The molecule has 0 aliphatic carbocycles. The zero-order valence-electron chi connectivity index (χ0n) is 9.79. The highest BCUT2D eigenvalue weighted by Crippen LogP contribution is 2.26. The SMILES string of the molecule is COc1cc(C=Cc2cccc(=O)o2)ccc1O. The number of phenolic OH excluding ortho intramolecular Hbond substituents is 1. The van der Waals surface area contributed by atoms with E-state index in [2.05, 4.69) is 0 Å². The molecule has 0 aliphatic rings. The van der Waals surface area contributed by atoms with Gasteiger partial charge in [-0.05, 0) is 29.8 Å². The molecular formula is C14H12O4.